The van der Waals surface area contributed by atoms with Gasteiger partial charge >= 0.3 is 12.0 Å². The minimum Gasteiger partial charge on any atom is -0.506 e. The summed E-state index contributed by atoms with van der Waals surface area (Å²) in [6.07, 6.45) is 1.18. The number of halogens is 2. The number of aromatic hydroxyl groups is 1. The highest BCUT2D eigenvalue weighted by molar-refractivity contribution is 6.36. The number of carbonyl (C=O) groups excluding carboxylic acids is 3. The molecule has 0 fully saturated rings. The van der Waals surface area contributed by atoms with Crippen LogP contribution in [0.3, 0.4) is 0 Å². The molecular formula is C23H22Cl2N4O7. The second kappa shape index (κ2) is 11.6. The van der Waals surface area contributed by atoms with E-state index >= 15 is 0 Å². The van der Waals surface area contributed by atoms with Gasteiger partial charge in [-0.25, -0.2) is 15.0 Å². The Morgan fingerprint density at radius 3 is 2.64 bits per heavy atom. The molecule has 0 saturated carbocycles. The summed E-state index contributed by atoms with van der Waals surface area (Å²) in [6, 6.07) is 6.26. The summed E-state index contributed by atoms with van der Waals surface area (Å²) in [7, 11) is 2.65. The lowest BCUT2D eigenvalue weighted by Gasteiger charge is -2.28. The highest BCUT2D eigenvalue weighted by Crippen LogP contribution is 2.34. The fraction of sp³-hybridized carbons (Fsp3) is 0.217. The quantitative estimate of drug-likeness (QED) is 0.230. The summed E-state index contributed by atoms with van der Waals surface area (Å²) in [5.41, 5.74) is 3.60. The van der Waals surface area contributed by atoms with Crippen LogP contribution in [0.15, 0.2) is 46.7 Å². The van der Waals surface area contributed by atoms with Crippen molar-refractivity contribution in [3.8, 4) is 17.2 Å². The van der Waals surface area contributed by atoms with Crippen molar-refractivity contribution in [1.29, 1.82) is 0 Å². The number of hydrogen-bond donors (Lipinski definition) is 4. The molecule has 3 rings (SSSR count). The smallest absolute Gasteiger partial charge is 0.337 e. The second-order valence-corrected chi connectivity index (χ2v) is 8.22. The molecule has 13 heteroatoms. The van der Waals surface area contributed by atoms with Gasteiger partial charge in [0, 0.05) is 16.3 Å². The predicted molar refractivity (Wildman–Crippen MR) is 131 cm³/mol. The summed E-state index contributed by atoms with van der Waals surface area (Å²) in [5, 5.41) is 19.2. The van der Waals surface area contributed by atoms with Gasteiger partial charge in [0.25, 0.3) is 5.91 Å². The number of phenolic OH excluding ortho intramolecular Hbond substituents is 1. The standard InChI is InChI=1S/C23H22Cl2N4O7/c1-11-19(22(32)35-3)20(28-23(33)27-11)12-4-5-16(17(7-12)34-2)36-10-18(30)29-26-9-13-6-14(24)8-15(25)21(13)31/h4-9,20,31H,10H2,1-3H3,(H,29,30)(H2,27,28,33)/b26-9-/t20-/m1/s1. The zero-order chi connectivity index (χ0) is 26.4. The van der Waals surface area contributed by atoms with E-state index in [-0.39, 0.29) is 38.4 Å². The maximum Gasteiger partial charge on any atom is 0.337 e. The number of nitrogens with one attached hydrogen (secondary N) is 3. The number of hydrazone groups is 1. The Bertz CT molecular complexity index is 1260. The van der Waals surface area contributed by atoms with E-state index in [1.807, 2.05) is 0 Å². The molecule has 1 heterocycles. The van der Waals surface area contributed by atoms with E-state index in [4.69, 9.17) is 37.4 Å². The molecule has 36 heavy (non-hydrogen) atoms. The third kappa shape index (κ3) is 6.18. The number of esters is 1. The van der Waals surface area contributed by atoms with Crippen LogP contribution in [-0.4, -0.2) is 50.1 Å². The molecule has 0 radical (unpaired) electrons. The van der Waals surface area contributed by atoms with Crippen LogP contribution in [0.1, 0.15) is 24.1 Å². The number of allylic oxidation sites excluding steroid dienone is 1. The zero-order valence-corrected chi connectivity index (χ0v) is 20.9. The summed E-state index contributed by atoms with van der Waals surface area (Å²) in [4.78, 5) is 36.4. The predicted octanol–water partition coefficient (Wildman–Crippen LogP) is 3.04. The van der Waals surface area contributed by atoms with Crippen LogP contribution in [-0.2, 0) is 14.3 Å². The van der Waals surface area contributed by atoms with Crippen molar-refractivity contribution >= 4 is 47.3 Å². The van der Waals surface area contributed by atoms with Gasteiger partial charge in [-0.1, -0.05) is 29.3 Å². The molecule has 0 unspecified atom stereocenters. The highest BCUT2D eigenvalue weighted by Gasteiger charge is 2.32. The molecule has 0 aliphatic carbocycles. The van der Waals surface area contributed by atoms with Gasteiger partial charge < -0.3 is 30.0 Å². The maximum atomic E-state index is 12.3. The molecule has 0 spiro atoms. The Labute approximate surface area is 216 Å². The Hall–Kier alpha value is -3.96. The van der Waals surface area contributed by atoms with Crippen molar-refractivity contribution in [2.24, 2.45) is 5.10 Å². The number of amides is 3. The fourth-order valence-electron chi connectivity index (χ4n) is 3.34. The maximum absolute atomic E-state index is 12.3. The van der Waals surface area contributed by atoms with E-state index in [1.54, 1.807) is 19.1 Å². The molecule has 1 aliphatic heterocycles. The third-order valence-electron chi connectivity index (χ3n) is 5.00. The number of benzene rings is 2. The average molecular weight is 537 g/mol. The zero-order valence-electron chi connectivity index (χ0n) is 19.3. The van der Waals surface area contributed by atoms with E-state index < -0.39 is 30.6 Å². The van der Waals surface area contributed by atoms with Crippen LogP contribution in [0.2, 0.25) is 10.0 Å². The van der Waals surface area contributed by atoms with Gasteiger partial charge in [-0.2, -0.15) is 5.10 Å². The van der Waals surface area contributed by atoms with Crippen molar-refractivity contribution in [3.63, 3.8) is 0 Å². The highest BCUT2D eigenvalue weighted by atomic mass is 35.5. The number of phenols is 1. The molecule has 2 aromatic rings. The van der Waals surface area contributed by atoms with E-state index in [0.717, 1.165) is 0 Å². The number of ether oxygens (including phenoxy) is 3. The van der Waals surface area contributed by atoms with Crippen LogP contribution in [0.4, 0.5) is 4.79 Å². The molecule has 1 atom stereocenters. The van der Waals surface area contributed by atoms with E-state index in [1.165, 1.54) is 38.6 Å². The SMILES string of the molecule is COC(=O)C1=C(C)NC(=O)N[C@@H]1c1ccc(OCC(=O)N/N=C\c2cc(Cl)cc(Cl)c2O)c(OC)c1. The Kier molecular flexibility index (Phi) is 8.62. The molecule has 0 bridgehead atoms. The van der Waals surface area contributed by atoms with Gasteiger partial charge in [-0.15, -0.1) is 0 Å². The number of methoxy groups -OCH3 is 2. The Morgan fingerprint density at radius 2 is 1.94 bits per heavy atom. The van der Waals surface area contributed by atoms with Crippen LogP contribution >= 0.6 is 23.2 Å². The van der Waals surface area contributed by atoms with Crippen molar-refractivity contribution in [2.45, 2.75) is 13.0 Å². The van der Waals surface area contributed by atoms with Crippen molar-refractivity contribution in [2.75, 3.05) is 20.8 Å². The fourth-order valence-corrected chi connectivity index (χ4v) is 3.85. The molecule has 190 valence electrons. The van der Waals surface area contributed by atoms with Crippen LogP contribution < -0.4 is 25.5 Å². The first-order chi connectivity index (χ1) is 17.1. The van der Waals surface area contributed by atoms with E-state index in [2.05, 4.69) is 21.2 Å². The van der Waals surface area contributed by atoms with Crippen LogP contribution in [0.5, 0.6) is 17.2 Å². The van der Waals surface area contributed by atoms with Gasteiger partial charge in [0.15, 0.2) is 18.1 Å². The lowest BCUT2D eigenvalue weighted by atomic mass is 9.95. The number of rotatable bonds is 8. The third-order valence-corrected chi connectivity index (χ3v) is 5.51. The van der Waals surface area contributed by atoms with Gasteiger partial charge in [-0.05, 0) is 36.8 Å². The minimum absolute atomic E-state index is 0.0440. The number of hydrogen-bond acceptors (Lipinski definition) is 8. The molecule has 4 N–H and O–H groups in total. The molecule has 0 aromatic heterocycles. The lowest BCUT2D eigenvalue weighted by Crippen LogP contribution is -2.45. The van der Waals surface area contributed by atoms with Crippen molar-refractivity contribution in [1.82, 2.24) is 16.1 Å². The summed E-state index contributed by atoms with van der Waals surface area (Å²) < 4.78 is 15.7. The van der Waals surface area contributed by atoms with Crippen LogP contribution in [0, 0.1) is 0 Å². The topological polar surface area (TPSA) is 148 Å². The van der Waals surface area contributed by atoms with Gasteiger partial charge in [0.1, 0.15) is 5.75 Å². The lowest BCUT2D eigenvalue weighted by molar-refractivity contribution is -0.136. The first kappa shape index (κ1) is 26.6. The second-order valence-electron chi connectivity index (χ2n) is 7.38. The average Bonchev–Trinajstić information content (AvgIpc) is 2.84. The largest absolute Gasteiger partial charge is 0.506 e. The van der Waals surface area contributed by atoms with E-state index in [9.17, 15) is 19.5 Å². The summed E-state index contributed by atoms with van der Waals surface area (Å²) in [5.74, 6) is -0.931. The first-order valence-electron chi connectivity index (χ1n) is 10.3. The monoisotopic (exact) mass is 536 g/mol. The van der Waals surface area contributed by atoms with Gasteiger partial charge in [-0.3, -0.25) is 4.79 Å². The number of carbonyl (C=O) groups is 3. The Balaban J connectivity index is 1.70. The number of urea groups is 1. The van der Waals surface area contributed by atoms with Gasteiger partial charge in [0.05, 0.1) is 37.1 Å². The molecule has 0 saturated heterocycles. The summed E-state index contributed by atoms with van der Waals surface area (Å²) >= 11 is 11.7. The van der Waals surface area contributed by atoms with Crippen molar-refractivity contribution in [3.05, 3.63) is 62.8 Å². The van der Waals surface area contributed by atoms with E-state index in [0.29, 0.717) is 11.3 Å². The molecule has 11 nitrogen and oxygen atoms in total. The van der Waals surface area contributed by atoms with Crippen LogP contribution in [0.25, 0.3) is 0 Å². The molecular weight excluding hydrogens is 515 g/mol. The summed E-state index contributed by atoms with van der Waals surface area (Å²) in [6.45, 7) is 1.18. The van der Waals surface area contributed by atoms with Gasteiger partial charge in [0.2, 0.25) is 0 Å². The molecule has 1 aliphatic rings. The Morgan fingerprint density at radius 1 is 1.19 bits per heavy atom. The number of nitrogens with zero attached hydrogens (tertiary/aromatic N) is 1. The van der Waals surface area contributed by atoms with Crippen molar-refractivity contribution < 1.29 is 33.7 Å². The minimum atomic E-state index is -0.789. The first-order valence-corrected chi connectivity index (χ1v) is 11.1. The normalized spacial score (nSPS) is 15.2. The molecule has 2 aromatic carbocycles. The molecule has 3 amide bonds.